The monoisotopic (exact) mass is 458 g/mol. The lowest BCUT2D eigenvalue weighted by Gasteiger charge is -2.29. The minimum Gasteiger partial charge on any atom is -0.409 e. The molecule has 4 N–H and O–H groups in total. The summed E-state index contributed by atoms with van der Waals surface area (Å²) in [7, 11) is 0. The van der Waals surface area contributed by atoms with Gasteiger partial charge >= 0.3 is 0 Å². The summed E-state index contributed by atoms with van der Waals surface area (Å²) in [5, 5.41) is 15.3. The average Bonchev–Trinajstić information content (AvgIpc) is 2.90. The Kier molecular flexibility index (Phi) is 8.68. The first-order valence-electron chi connectivity index (χ1n) is 11.9. The van der Waals surface area contributed by atoms with Crippen LogP contribution in [0.2, 0.25) is 0 Å². The number of hydrogen-bond acceptors (Lipinski definition) is 4. The van der Waals surface area contributed by atoms with E-state index < -0.39 is 0 Å². The van der Waals surface area contributed by atoms with Crippen molar-refractivity contribution in [3.8, 4) is 11.1 Å². The molecule has 3 aromatic rings. The zero-order valence-corrected chi connectivity index (χ0v) is 20.2. The molecule has 34 heavy (non-hydrogen) atoms. The van der Waals surface area contributed by atoms with Gasteiger partial charge in [0.25, 0.3) is 5.91 Å². The molecule has 6 nitrogen and oxygen atoms in total. The number of piperidine rings is 1. The van der Waals surface area contributed by atoms with E-state index in [4.69, 9.17) is 5.73 Å². The molecule has 1 aliphatic heterocycles. The molecule has 0 bridgehead atoms. The second kappa shape index (κ2) is 11.9. The van der Waals surface area contributed by atoms with Crippen LogP contribution in [0.25, 0.3) is 11.1 Å². The minimum absolute atomic E-state index is 0.0573. The number of carbonyl (C=O) groups is 1. The van der Waals surface area contributed by atoms with E-state index in [0.29, 0.717) is 16.8 Å². The Morgan fingerprint density at radius 3 is 2.35 bits per heavy atom. The van der Waals surface area contributed by atoms with E-state index in [1.165, 1.54) is 19.3 Å². The molecule has 1 amide bonds. The van der Waals surface area contributed by atoms with Crippen LogP contribution in [0.3, 0.4) is 0 Å². The Hall–Kier alpha value is -3.80. The van der Waals surface area contributed by atoms with E-state index in [-0.39, 0.29) is 11.7 Å². The maximum Gasteiger partial charge on any atom is 0.255 e. The number of amides is 1. The number of nitrogens with zero attached hydrogens (tertiary/aromatic N) is 2. The van der Waals surface area contributed by atoms with Crippen LogP contribution < -0.4 is 16.0 Å². The number of nitrogens with one attached hydrogen (secondary N) is 1. The number of aryl methyl sites for hydroxylation is 1. The van der Waals surface area contributed by atoms with Gasteiger partial charge in [-0.25, -0.2) is 0 Å². The number of hydrogen-bond donors (Lipinski definition) is 3. The van der Waals surface area contributed by atoms with Crippen LogP contribution in [-0.2, 0) is 0 Å². The molecule has 0 spiro atoms. The normalized spacial score (nSPS) is 13.6. The Labute approximate surface area is 202 Å². The molecule has 0 atom stereocenters. The highest BCUT2D eigenvalue weighted by Gasteiger charge is 2.16. The van der Waals surface area contributed by atoms with Crippen LogP contribution in [0.4, 0.5) is 11.4 Å². The third-order valence-corrected chi connectivity index (χ3v) is 5.83. The molecule has 0 aromatic heterocycles. The molecule has 0 aliphatic carbocycles. The standard InChI is InChI=1S/C26H28N4O2.C2H6/c1-18-7-5-8-19(15-18)20-11-12-23(25(27)29-32)24(17-20)28-26(31)21-9-6-10-22(16-21)30-13-3-2-4-14-30;1-2/h5-12,15-17,32H,2-4,13-14H2,1H3,(H2,27,29)(H,28,31);1-2H3. The molecule has 1 saturated heterocycles. The lowest BCUT2D eigenvalue weighted by atomic mass is 10.00. The second-order valence-corrected chi connectivity index (χ2v) is 8.17. The first-order valence-corrected chi connectivity index (χ1v) is 11.9. The fourth-order valence-electron chi connectivity index (χ4n) is 4.12. The van der Waals surface area contributed by atoms with Crippen molar-refractivity contribution in [1.29, 1.82) is 0 Å². The SMILES string of the molecule is CC.Cc1cccc(-c2ccc(/C(N)=N/O)c(NC(=O)c3cccc(N4CCCCC4)c3)c2)c1. The van der Waals surface area contributed by atoms with Crippen molar-refractivity contribution in [2.45, 2.75) is 40.0 Å². The number of rotatable bonds is 5. The molecule has 6 heteroatoms. The van der Waals surface area contributed by atoms with Gasteiger partial charge in [0.2, 0.25) is 0 Å². The van der Waals surface area contributed by atoms with Gasteiger partial charge < -0.3 is 21.2 Å². The van der Waals surface area contributed by atoms with Crippen molar-refractivity contribution in [1.82, 2.24) is 0 Å². The smallest absolute Gasteiger partial charge is 0.255 e. The zero-order chi connectivity index (χ0) is 24.5. The molecule has 1 aliphatic rings. The first-order chi connectivity index (χ1) is 16.5. The third kappa shape index (κ3) is 5.95. The average molecular weight is 459 g/mol. The molecular formula is C28H34N4O2. The van der Waals surface area contributed by atoms with Gasteiger partial charge in [0, 0.05) is 29.9 Å². The van der Waals surface area contributed by atoms with E-state index in [0.717, 1.165) is 35.5 Å². The molecular weight excluding hydrogens is 424 g/mol. The molecule has 1 heterocycles. The molecule has 3 aromatic carbocycles. The van der Waals surface area contributed by atoms with Crippen LogP contribution in [0.15, 0.2) is 71.9 Å². The molecule has 1 fully saturated rings. The van der Waals surface area contributed by atoms with Gasteiger partial charge in [-0.3, -0.25) is 4.79 Å². The maximum atomic E-state index is 13.1. The quantitative estimate of drug-likeness (QED) is 0.189. The summed E-state index contributed by atoms with van der Waals surface area (Å²) in [6.45, 7) is 8.06. The molecule has 0 unspecified atom stereocenters. The third-order valence-electron chi connectivity index (χ3n) is 5.83. The molecule has 0 radical (unpaired) electrons. The number of carbonyl (C=O) groups excluding carboxylic acids is 1. The summed E-state index contributed by atoms with van der Waals surface area (Å²) in [5.41, 5.74) is 11.6. The van der Waals surface area contributed by atoms with Crippen molar-refractivity contribution in [2.75, 3.05) is 23.3 Å². The van der Waals surface area contributed by atoms with Crippen LogP contribution in [0.5, 0.6) is 0 Å². The predicted molar refractivity (Wildman–Crippen MR) is 141 cm³/mol. The van der Waals surface area contributed by atoms with E-state index in [1.807, 2.05) is 69.3 Å². The van der Waals surface area contributed by atoms with E-state index >= 15 is 0 Å². The Morgan fingerprint density at radius 1 is 0.941 bits per heavy atom. The highest BCUT2D eigenvalue weighted by molar-refractivity contribution is 6.10. The van der Waals surface area contributed by atoms with Crippen molar-refractivity contribution in [3.05, 3.63) is 83.4 Å². The van der Waals surface area contributed by atoms with Gasteiger partial charge in [-0.15, -0.1) is 0 Å². The van der Waals surface area contributed by atoms with Gasteiger partial charge in [0.05, 0.1) is 5.69 Å². The highest BCUT2D eigenvalue weighted by Crippen LogP contribution is 2.28. The largest absolute Gasteiger partial charge is 0.409 e. The number of nitrogens with two attached hydrogens (primary N) is 1. The number of oxime groups is 1. The fraction of sp³-hybridized carbons (Fsp3) is 0.286. The predicted octanol–water partition coefficient (Wildman–Crippen LogP) is 6.03. The summed E-state index contributed by atoms with van der Waals surface area (Å²) in [4.78, 5) is 15.5. The molecule has 178 valence electrons. The summed E-state index contributed by atoms with van der Waals surface area (Å²) in [5.74, 6) is -0.296. The number of anilines is 2. The lowest BCUT2D eigenvalue weighted by molar-refractivity contribution is 0.102. The fourth-order valence-corrected chi connectivity index (χ4v) is 4.12. The summed E-state index contributed by atoms with van der Waals surface area (Å²) >= 11 is 0. The van der Waals surface area contributed by atoms with Gasteiger partial charge in [0.15, 0.2) is 5.84 Å². The van der Waals surface area contributed by atoms with Crippen LogP contribution >= 0.6 is 0 Å². The summed E-state index contributed by atoms with van der Waals surface area (Å²) < 4.78 is 0. The Balaban J connectivity index is 0.00000158. The lowest BCUT2D eigenvalue weighted by Crippen LogP contribution is -2.29. The summed E-state index contributed by atoms with van der Waals surface area (Å²) in [6.07, 6.45) is 3.60. The van der Waals surface area contributed by atoms with Gasteiger partial charge in [-0.1, -0.05) is 61.0 Å². The van der Waals surface area contributed by atoms with Crippen molar-refractivity contribution in [2.24, 2.45) is 10.9 Å². The van der Waals surface area contributed by atoms with Gasteiger partial charge in [-0.05, 0) is 67.6 Å². The van der Waals surface area contributed by atoms with E-state index in [9.17, 15) is 10.0 Å². The Morgan fingerprint density at radius 2 is 1.65 bits per heavy atom. The maximum absolute atomic E-state index is 13.1. The zero-order valence-electron chi connectivity index (χ0n) is 20.2. The van der Waals surface area contributed by atoms with Crippen LogP contribution in [0.1, 0.15) is 54.6 Å². The molecule has 0 saturated carbocycles. The first kappa shape index (κ1) is 24.8. The van der Waals surface area contributed by atoms with Gasteiger partial charge in [0.1, 0.15) is 0 Å². The van der Waals surface area contributed by atoms with E-state index in [2.05, 4.69) is 21.4 Å². The van der Waals surface area contributed by atoms with Crippen LogP contribution in [-0.4, -0.2) is 30.0 Å². The number of benzene rings is 3. The topological polar surface area (TPSA) is 91.0 Å². The Bertz CT molecular complexity index is 1150. The van der Waals surface area contributed by atoms with Crippen molar-refractivity contribution >= 4 is 23.1 Å². The summed E-state index contributed by atoms with van der Waals surface area (Å²) in [6, 6.07) is 21.3. The second-order valence-electron chi connectivity index (χ2n) is 8.17. The minimum atomic E-state index is -0.239. The van der Waals surface area contributed by atoms with Gasteiger partial charge in [-0.2, -0.15) is 0 Å². The van der Waals surface area contributed by atoms with Crippen molar-refractivity contribution in [3.63, 3.8) is 0 Å². The van der Waals surface area contributed by atoms with E-state index in [1.54, 1.807) is 12.1 Å². The molecule has 4 rings (SSSR count). The van der Waals surface area contributed by atoms with Crippen molar-refractivity contribution < 1.29 is 10.0 Å². The number of amidine groups is 1. The highest BCUT2D eigenvalue weighted by atomic mass is 16.4. The van der Waals surface area contributed by atoms with Crippen LogP contribution in [0, 0.1) is 6.92 Å².